The summed E-state index contributed by atoms with van der Waals surface area (Å²) in [5.41, 5.74) is 1.19. The second-order valence-electron chi connectivity index (χ2n) is 4.39. The van der Waals surface area contributed by atoms with Gasteiger partial charge in [-0.2, -0.15) is 0 Å². The summed E-state index contributed by atoms with van der Waals surface area (Å²) >= 11 is 13.2. The van der Waals surface area contributed by atoms with Gasteiger partial charge in [0, 0.05) is 16.8 Å². The second-order valence-corrected chi connectivity index (χ2v) is 6.24. The van der Waals surface area contributed by atoms with E-state index in [0.29, 0.717) is 21.5 Å². The van der Waals surface area contributed by atoms with E-state index in [1.807, 2.05) is 18.2 Å². The van der Waals surface area contributed by atoms with Crippen molar-refractivity contribution in [3.8, 4) is 11.5 Å². The number of thiazole rings is 1. The van der Waals surface area contributed by atoms with Crippen LogP contribution < -0.4 is 4.74 Å². The van der Waals surface area contributed by atoms with E-state index in [9.17, 15) is 5.11 Å². The van der Waals surface area contributed by atoms with E-state index in [4.69, 9.17) is 27.9 Å². The Hall–Kier alpha value is -1.82. The van der Waals surface area contributed by atoms with Crippen molar-refractivity contribution in [1.29, 1.82) is 0 Å². The summed E-state index contributed by atoms with van der Waals surface area (Å²) in [6.45, 7) is 0. The number of hydrogen-bond acceptors (Lipinski definition) is 5. The van der Waals surface area contributed by atoms with Crippen molar-refractivity contribution in [2.24, 2.45) is 4.99 Å². The standard InChI is InChI=1S/C15H10Cl2N2O2S/c1-21-11-3-2-4-12-13(11)19-15(22-12)18-7-8-5-9(16)6-10(17)14(8)20/h2-7,20H,1H3/b18-7+. The summed E-state index contributed by atoms with van der Waals surface area (Å²) in [5.74, 6) is 0.636. The fraction of sp³-hybridized carbons (Fsp3) is 0.0667. The molecule has 0 aliphatic rings. The molecule has 0 radical (unpaired) electrons. The Morgan fingerprint density at radius 2 is 2.14 bits per heavy atom. The van der Waals surface area contributed by atoms with Crippen LogP contribution >= 0.6 is 34.5 Å². The van der Waals surface area contributed by atoms with Gasteiger partial charge in [0.1, 0.15) is 17.0 Å². The maximum absolute atomic E-state index is 9.90. The predicted molar refractivity (Wildman–Crippen MR) is 91.6 cm³/mol. The van der Waals surface area contributed by atoms with Crippen LogP contribution in [-0.4, -0.2) is 23.4 Å². The van der Waals surface area contributed by atoms with E-state index < -0.39 is 0 Å². The topological polar surface area (TPSA) is 54.7 Å². The number of nitrogens with zero attached hydrogens (tertiary/aromatic N) is 2. The molecule has 0 spiro atoms. The zero-order valence-electron chi connectivity index (χ0n) is 11.4. The molecule has 0 saturated heterocycles. The van der Waals surface area contributed by atoms with Crippen LogP contribution in [0.4, 0.5) is 5.13 Å². The number of phenolic OH excluding ortho intramolecular Hbond substituents is 1. The third-order valence-corrected chi connectivity index (χ3v) is 4.40. The molecule has 22 heavy (non-hydrogen) atoms. The van der Waals surface area contributed by atoms with Crippen molar-refractivity contribution in [3.05, 3.63) is 45.9 Å². The molecule has 2 aromatic carbocycles. The van der Waals surface area contributed by atoms with Crippen molar-refractivity contribution in [1.82, 2.24) is 4.98 Å². The molecular formula is C15H10Cl2N2O2S. The van der Waals surface area contributed by atoms with Gasteiger partial charge in [-0.3, -0.25) is 0 Å². The molecular weight excluding hydrogens is 343 g/mol. The molecule has 1 N–H and O–H groups in total. The lowest BCUT2D eigenvalue weighted by atomic mass is 10.2. The van der Waals surface area contributed by atoms with Gasteiger partial charge in [0.15, 0.2) is 0 Å². The Kier molecular flexibility index (Phi) is 4.20. The molecule has 1 aromatic heterocycles. The quantitative estimate of drug-likeness (QED) is 0.669. The van der Waals surface area contributed by atoms with Crippen LogP contribution in [0, 0.1) is 0 Å². The zero-order chi connectivity index (χ0) is 15.7. The molecule has 0 aliphatic heterocycles. The van der Waals surface area contributed by atoms with E-state index in [-0.39, 0.29) is 10.8 Å². The number of rotatable bonds is 3. The molecule has 4 nitrogen and oxygen atoms in total. The molecule has 0 bridgehead atoms. The predicted octanol–water partition coefficient (Wildman–Crippen LogP) is 5.07. The number of benzene rings is 2. The lowest BCUT2D eigenvalue weighted by molar-refractivity contribution is 0.419. The summed E-state index contributed by atoms with van der Waals surface area (Å²) in [6, 6.07) is 8.74. The van der Waals surface area contributed by atoms with Gasteiger partial charge in [-0.05, 0) is 24.3 Å². The minimum Gasteiger partial charge on any atom is -0.506 e. The average molecular weight is 353 g/mol. The molecule has 0 fully saturated rings. The number of hydrogen-bond donors (Lipinski definition) is 1. The van der Waals surface area contributed by atoms with E-state index in [2.05, 4.69) is 9.98 Å². The molecule has 0 atom stereocenters. The van der Waals surface area contributed by atoms with Crippen LogP contribution in [0.3, 0.4) is 0 Å². The van der Waals surface area contributed by atoms with E-state index in [1.165, 1.54) is 23.6 Å². The number of methoxy groups -OCH3 is 1. The van der Waals surface area contributed by atoms with Crippen molar-refractivity contribution in [3.63, 3.8) is 0 Å². The fourth-order valence-electron chi connectivity index (χ4n) is 1.94. The number of aromatic hydroxyl groups is 1. The first-order valence-corrected chi connectivity index (χ1v) is 7.81. The van der Waals surface area contributed by atoms with E-state index >= 15 is 0 Å². The highest BCUT2D eigenvalue weighted by Crippen LogP contribution is 2.34. The highest BCUT2D eigenvalue weighted by Gasteiger charge is 2.09. The Morgan fingerprint density at radius 1 is 1.32 bits per heavy atom. The highest BCUT2D eigenvalue weighted by molar-refractivity contribution is 7.22. The lowest BCUT2D eigenvalue weighted by Crippen LogP contribution is -1.84. The van der Waals surface area contributed by atoms with Crippen molar-refractivity contribution < 1.29 is 9.84 Å². The molecule has 0 aliphatic carbocycles. The van der Waals surface area contributed by atoms with Crippen LogP contribution in [-0.2, 0) is 0 Å². The molecule has 0 amide bonds. The highest BCUT2D eigenvalue weighted by atomic mass is 35.5. The van der Waals surface area contributed by atoms with Crippen LogP contribution in [0.5, 0.6) is 11.5 Å². The van der Waals surface area contributed by atoms with Crippen molar-refractivity contribution in [2.75, 3.05) is 7.11 Å². The smallest absolute Gasteiger partial charge is 0.210 e. The average Bonchev–Trinajstić information content (AvgIpc) is 2.92. The van der Waals surface area contributed by atoms with Crippen LogP contribution in [0.25, 0.3) is 10.2 Å². The number of aliphatic imine (C=N–C) groups is 1. The zero-order valence-corrected chi connectivity index (χ0v) is 13.7. The SMILES string of the molecule is COc1cccc2sc(/N=C/c3cc(Cl)cc(Cl)c3O)nc12. The molecule has 0 saturated carbocycles. The van der Waals surface area contributed by atoms with Gasteiger partial charge in [-0.25, -0.2) is 9.98 Å². The van der Waals surface area contributed by atoms with E-state index in [0.717, 1.165) is 10.2 Å². The summed E-state index contributed by atoms with van der Waals surface area (Å²) < 4.78 is 6.24. The fourth-order valence-corrected chi connectivity index (χ4v) is 3.28. The van der Waals surface area contributed by atoms with Crippen molar-refractivity contribution in [2.45, 2.75) is 0 Å². The van der Waals surface area contributed by atoms with Gasteiger partial charge >= 0.3 is 0 Å². The molecule has 3 aromatic rings. The van der Waals surface area contributed by atoms with Gasteiger partial charge in [0.2, 0.25) is 5.13 Å². The Balaban J connectivity index is 2.00. The third-order valence-electron chi connectivity index (χ3n) is 2.96. The van der Waals surface area contributed by atoms with Crippen LogP contribution in [0.1, 0.15) is 5.56 Å². The first-order valence-electron chi connectivity index (χ1n) is 6.24. The molecule has 0 unspecified atom stereocenters. The van der Waals surface area contributed by atoms with Gasteiger partial charge in [0.05, 0.1) is 16.8 Å². The Labute approximate surface area is 140 Å². The number of aromatic nitrogens is 1. The maximum atomic E-state index is 9.90. The minimum atomic E-state index is -0.0616. The summed E-state index contributed by atoms with van der Waals surface area (Å²) in [7, 11) is 1.60. The van der Waals surface area contributed by atoms with Crippen molar-refractivity contribution >= 4 is 56.1 Å². The number of ether oxygens (including phenoxy) is 1. The first kappa shape index (κ1) is 15.1. The molecule has 112 valence electrons. The largest absolute Gasteiger partial charge is 0.506 e. The van der Waals surface area contributed by atoms with Crippen LogP contribution in [0.2, 0.25) is 10.0 Å². The maximum Gasteiger partial charge on any atom is 0.210 e. The van der Waals surface area contributed by atoms with Gasteiger partial charge in [-0.1, -0.05) is 40.6 Å². The number of halogens is 2. The number of phenols is 1. The van der Waals surface area contributed by atoms with Gasteiger partial charge < -0.3 is 9.84 Å². The monoisotopic (exact) mass is 352 g/mol. The Bertz CT molecular complexity index is 877. The van der Waals surface area contributed by atoms with Gasteiger partial charge in [-0.15, -0.1) is 0 Å². The number of fused-ring (bicyclic) bond motifs is 1. The summed E-state index contributed by atoms with van der Waals surface area (Å²) in [5, 5.41) is 11.1. The first-order chi connectivity index (χ1) is 10.6. The molecule has 1 heterocycles. The molecule has 7 heteroatoms. The molecule has 3 rings (SSSR count). The second kappa shape index (κ2) is 6.12. The third kappa shape index (κ3) is 2.88. The van der Waals surface area contributed by atoms with Crippen LogP contribution in [0.15, 0.2) is 35.3 Å². The minimum absolute atomic E-state index is 0.0616. The summed E-state index contributed by atoms with van der Waals surface area (Å²) in [6.07, 6.45) is 1.48. The van der Waals surface area contributed by atoms with E-state index in [1.54, 1.807) is 13.2 Å². The summed E-state index contributed by atoms with van der Waals surface area (Å²) in [4.78, 5) is 8.70. The normalized spacial score (nSPS) is 11.4. The Morgan fingerprint density at radius 3 is 2.91 bits per heavy atom. The number of para-hydroxylation sites is 1. The lowest BCUT2D eigenvalue weighted by Gasteiger charge is -2.01. The van der Waals surface area contributed by atoms with Gasteiger partial charge in [0.25, 0.3) is 0 Å².